The highest BCUT2D eigenvalue weighted by molar-refractivity contribution is 7.91. The van der Waals surface area contributed by atoms with Gasteiger partial charge < -0.3 is 5.11 Å². The maximum absolute atomic E-state index is 13.2. The number of carboxylic acid groups (broad SMARTS) is 1. The predicted molar refractivity (Wildman–Crippen MR) is 51.4 cm³/mol. The molecule has 100 valence electrons. The molecule has 0 radical (unpaired) electrons. The Morgan fingerprint density at radius 1 is 1.28 bits per heavy atom. The second-order valence-electron chi connectivity index (χ2n) is 3.25. The second kappa shape index (κ2) is 4.92. The largest absolute Gasteiger partial charge is 0.478 e. The van der Waals surface area contributed by atoms with E-state index in [4.69, 9.17) is 5.11 Å². The molecule has 1 N–H and O–H groups in total. The molecule has 18 heavy (non-hydrogen) atoms. The van der Waals surface area contributed by atoms with Crippen molar-refractivity contribution in [3.63, 3.8) is 0 Å². The molecule has 1 aromatic carbocycles. The van der Waals surface area contributed by atoms with Crippen molar-refractivity contribution in [3.8, 4) is 0 Å². The van der Waals surface area contributed by atoms with Crippen molar-refractivity contribution in [3.05, 3.63) is 29.3 Å². The first-order valence-corrected chi connectivity index (χ1v) is 6.03. The van der Waals surface area contributed by atoms with Gasteiger partial charge in [0, 0.05) is 0 Å². The van der Waals surface area contributed by atoms with Gasteiger partial charge in [-0.2, -0.15) is 0 Å². The van der Waals surface area contributed by atoms with Gasteiger partial charge in [-0.3, -0.25) is 0 Å². The number of carboxylic acids is 1. The van der Waals surface area contributed by atoms with E-state index in [0.29, 0.717) is 6.07 Å². The van der Waals surface area contributed by atoms with Crippen LogP contribution in [0, 0.1) is 11.6 Å². The Kier molecular flexibility index (Phi) is 3.95. The van der Waals surface area contributed by atoms with Gasteiger partial charge in [-0.15, -0.1) is 0 Å². The minimum Gasteiger partial charge on any atom is -0.478 e. The normalized spacial score (nSPS) is 11.8. The zero-order valence-corrected chi connectivity index (χ0v) is 9.35. The van der Waals surface area contributed by atoms with Crippen LogP contribution in [-0.2, 0) is 9.84 Å². The average molecular weight is 286 g/mol. The highest BCUT2D eigenvalue weighted by Crippen LogP contribution is 2.22. The summed E-state index contributed by atoms with van der Waals surface area (Å²) in [4.78, 5) is 9.15. The number of sulfone groups is 1. The molecule has 0 heterocycles. The van der Waals surface area contributed by atoms with Crippen LogP contribution in [0.15, 0.2) is 17.0 Å². The Morgan fingerprint density at radius 3 is 2.28 bits per heavy atom. The van der Waals surface area contributed by atoms with Crippen LogP contribution in [0.3, 0.4) is 0 Å². The van der Waals surface area contributed by atoms with Crippen LogP contribution in [-0.4, -0.2) is 31.7 Å². The van der Waals surface area contributed by atoms with Crippen LogP contribution >= 0.6 is 0 Å². The molecule has 9 heteroatoms. The molecule has 0 unspecified atom stereocenters. The van der Waals surface area contributed by atoms with E-state index >= 15 is 0 Å². The van der Waals surface area contributed by atoms with Crippen LogP contribution in [0.2, 0.25) is 0 Å². The minimum atomic E-state index is -4.80. The van der Waals surface area contributed by atoms with Crippen molar-refractivity contribution in [1.82, 2.24) is 0 Å². The molecule has 0 aliphatic heterocycles. The number of aromatic carboxylic acids is 1. The highest BCUT2D eigenvalue weighted by Gasteiger charge is 2.27. The number of hydrogen-bond acceptors (Lipinski definition) is 3. The Bertz CT molecular complexity index is 582. The third-order valence-corrected chi connectivity index (χ3v) is 3.58. The van der Waals surface area contributed by atoms with E-state index < -0.39 is 50.1 Å². The maximum Gasteiger partial charge on any atom is 0.335 e. The molecule has 0 saturated carbocycles. The molecule has 0 aliphatic carbocycles. The molecule has 1 rings (SSSR count). The van der Waals surface area contributed by atoms with Gasteiger partial charge in [0.1, 0.15) is 10.6 Å². The summed E-state index contributed by atoms with van der Waals surface area (Å²) in [7, 11) is -4.80. The number of carbonyl (C=O) groups is 1. The van der Waals surface area contributed by atoms with Gasteiger partial charge in [0.05, 0.1) is 5.56 Å². The highest BCUT2D eigenvalue weighted by atomic mass is 32.2. The molecule has 0 fully saturated rings. The van der Waals surface area contributed by atoms with Crippen molar-refractivity contribution in [1.29, 1.82) is 0 Å². The molecule has 0 bridgehead atoms. The van der Waals surface area contributed by atoms with E-state index in [1.165, 1.54) is 0 Å². The number of halogens is 4. The van der Waals surface area contributed by atoms with E-state index in [1.54, 1.807) is 0 Å². The third kappa shape index (κ3) is 2.97. The van der Waals surface area contributed by atoms with Gasteiger partial charge in [-0.05, 0) is 12.1 Å². The molecule has 0 aliphatic rings. The molecule has 0 amide bonds. The number of rotatable bonds is 4. The van der Waals surface area contributed by atoms with Gasteiger partial charge in [-0.1, -0.05) is 0 Å². The Labute approximate surface area is 98.8 Å². The van der Waals surface area contributed by atoms with E-state index in [0.717, 1.165) is 0 Å². The fourth-order valence-corrected chi connectivity index (χ4v) is 2.36. The van der Waals surface area contributed by atoms with E-state index in [-0.39, 0.29) is 6.07 Å². The average Bonchev–Trinajstić information content (AvgIpc) is 2.19. The smallest absolute Gasteiger partial charge is 0.335 e. The first-order valence-electron chi connectivity index (χ1n) is 4.38. The van der Waals surface area contributed by atoms with E-state index in [2.05, 4.69) is 0 Å². The molecule has 1 aromatic rings. The summed E-state index contributed by atoms with van der Waals surface area (Å²) in [6.07, 6.45) is -3.29. The Morgan fingerprint density at radius 2 is 1.83 bits per heavy atom. The van der Waals surface area contributed by atoms with Crippen LogP contribution in [0.4, 0.5) is 17.6 Å². The lowest BCUT2D eigenvalue weighted by Gasteiger charge is -2.07. The first-order chi connectivity index (χ1) is 8.15. The van der Waals surface area contributed by atoms with Crippen molar-refractivity contribution < 1.29 is 35.9 Å². The molecule has 0 aromatic heterocycles. The van der Waals surface area contributed by atoms with Gasteiger partial charge in [0.25, 0.3) is 6.43 Å². The van der Waals surface area contributed by atoms with Gasteiger partial charge in [0.2, 0.25) is 0 Å². The van der Waals surface area contributed by atoms with Crippen LogP contribution in [0.1, 0.15) is 10.4 Å². The summed E-state index contributed by atoms with van der Waals surface area (Å²) in [5, 5.41) is 8.54. The third-order valence-electron chi connectivity index (χ3n) is 1.92. The predicted octanol–water partition coefficient (Wildman–Crippen LogP) is 1.70. The van der Waals surface area contributed by atoms with Crippen molar-refractivity contribution >= 4 is 15.8 Å². The van der Waals surface area contributed by atoms with E-state index in [1.807, 2.05) is 0 Å². The van der Waals surface area contributed by atoms with Crippen molar-refractivity contribution in [2.45, 2.75) is 11.3 Å². The first kappa shape index (κ1) is 14.4. The lowest BCUT2D eigenvalue weighted by Crippen LogP contribution is -2.16. The van der Waals surface area contributed by atoms with Crippen molar-refractivity contribution in [2.75, 3.05) is 5.75 Å². The molecule has 0 saturated heterocycles. The van der Waals surface area contributed by atoms with Gasteiger partial charge in [0.15, 0.2) is 21.5 Å². The quantitative estimate of drug-likeness (QED) is 0.855. The second-order valence-corrected chi connectivity index (χ2v) is 5.25. The van der Waals surface area contributed by atoms with Crippen LogP contribution in [0.5, 0.6) is 0 Å². The summed E-state index contributed by atoms with van der Waals surface area (Å²) in [5.74, 6) is -7.03. The van der Waals surface area contributed by atoms with Crippen LogP contribution in [0.25, 0.3) is 0 Å². The fraction of sp³-hybridized carbons (Fsp3) is 0.222. The molecule has 0 atom stereocenters. The lowest BCUT2D eigenvalue weighted by atomic mass is 10.2. The summed E-state index contributed by atoms with van der Waals surface area (Å²) < 4.78 is 72.8. The molecule has 4 nitrogen and oxygen atoms in total. The van der Waals surface area contributed by atoms with E-state index in [9.17, 15) is 30.8 Å². The summed E-state index contributed by atoms with van der Waals surface area (Å²) in [5.41, 5.74) is -0.846. The summed E-state index contributed by atoms with van der Waals surface area (Å²) >= 11 is 0. The van der Waals surface area contributed by atoms with Crippen molar-refractivity contribution in [2.24, 2.45) is 0 Å². The Balaban J connectivity index is 3.45. The topological polar surface area (TPSA) is 71.4 Å². The maximum atomic E-state index is 13.2. The zero-order valence-electron chi connectivity index (χ0n) is 8.53. The summed E-state index contributed by atoms with van der Waals surface area (Å²) in [6, 6.07) is 0.567. The lowest BCUT2D eigenvalue weighted by molar-refractivity contribution is 0.0696. The monoisotopic (exact) mass is 286 g/mol. The zero-order chi connectivity index (χ0) is 14.1. The van der Waals surface area contributed by atoms with Gasteiger partial charge in [-0.25, -0.2) is 30.8 Å². The number of alkyl halides is 2. The Hall–Kier alpha value is -1.64. The minimum absolute atomic E-state index is 0.263. The molecular weight excluding hydrogens is 280 g/mol. The molecular formula is C9H6F4O4S. The molecule has 0 spiro atoms. The van der Waals surface area contributed by atoms with Crippen LogP contribution < -0.4 is 0 Å². The number of hydrogen-bond donors (Lipinski definition) is 1. The number of benzene rings is 1. The SMILES string of the molecule is O=C(O)c1cc(F)c(F)c(S(=O)(=O)CC(F)F)c1. The van der Waals surface area contributed by atoms with Gasteiger partial charge >= 0.3 is 5.97 Å². The fourth-order valence-electron chi connectivity index (χ4n) is 1.17. The standard InChI is InChI=1S/C9H6F4O4S/c10-5-1-4(9(14)15)2-6(8(5)13)18(16,17)3-7(11)12/h1-2,7H,3H2,(H,14,15). The summed E-state index contributed by atoms with van der Waals surface area (Å²) in [6.45, 7) is 0.